The van der Waals surface area contributed by atoms with E-state index in [4.69, 9.17) is 4.74 Å². The molecule has 0 spiro atoms. The minimum atomic E-state index is -4.15. The van der Waals surface area contributed by atoms with E-state index < -0.39 is 15.7 Å². The zero-order valence-electron chi connectivity index (χ0n) is 18.5. The van der Waals surface area contributed by atoms with Crippen LogP contribution >= 0.6 is 9.24 Å². The molecule has 3 atom stereocenters. The fraction of sp³-hybridized carbons (Fsp3) is 0.409. The molecule has 0 aliphatic carbocycles. The van der Waals surface area contributed by atoms with Gasteiger partial charge in [-0.25, -0.2) is 8.42 Å². The molecule has 2 aromatic rings. The van der Waals surface area contributed by atoms with Crippen molar-refractivity contribution in [1.29, 1.82) is 0 Å². The minimum Gasteiger partial charge on any atom is -0.492 e. The average Bonchev–Trinajstić information content (AvgIpc) is 2.72. The van der Waals surface area contributed by atoms with Gasteiger partial charge in [0.25, 0.3) is 15.7 Å². The molecule has 2 aromatic carbocycles. The number of hydrogen-bond donors (Lipinski definition) is 2. The number of ether oxygens (including phenoxy) is 1. The van der Waals surface area contributed by atoms with E-state index in [1.54, 1.807) is 6.92 Å². The molecule has 32 heavy (non-hydrogen) atoms. The Morgan fingerprint density at radius 1 is 1.12 bits per heavy atom. The number of carbonyl (C=O) groups is 1. The Balaban J connectivity index is 2.33. The van der Waals surface area contributed by atoms with Crippen LogP contribution in [0.4, 0.5) is 20.2 Å². The number of sulfonamides is 1. The summed E-state index contributed by atoms with van der Waals surface area (Å²) in [5, 5.41) is 2.79. The largest absolute Gasteiger partial charge is 0.492 e. The van der Waals surface area contributed by atoms with Gasteiger partial charge in [-0.05, 0) is 37.1 Å². The Labute approximate surface area is 190 Å². The Hall–Kier alpha value is -2.25. The molecule has 0 saturated heterocycles. The van der Waals surface area contributed by atoms with E-state index >= 15 is 0 Å². The molecule has 0 heterocycles. The second-order valence-corrected chi connectivity index (χ2v) is 9.94. The first-order valence-corrected chi connectivity index (χ1v) is 12.3. The molecule has 2 unspecified atom stereocenters. The van der Waals surface area contributed by atoms with Crippen molar-refractivity contribution in [2.24, 2.45) is 11.8 Å². The summed E-state index contributed by atoms with van der Waals surface area (Å²) in [4.78, 5) is 12.3. The van der Waals surface area contributed by atoms with Crippen LogP contribution in [0.15, 0.2) is 47.4 Å². The predicted molar refractivity (Wildman–Crippen MR) is 126 cm³/mol. The zero-order valence-corrected chi connectivity index (χ0v) is 20.5. The maximum atomic E-state index is 13.6. The molecule has 0 bridgehead atoms. The third kappa shape index (κ3) is 6.62. The summed E-state index contributed by atoms with van der Waals surface area (Å²) in [6, 6.07) is 9.20. The fourth-order valence-corrected chi connectivity index (χ4v) is 4.30. The molecule has 10 heteroatoms. The van der Waals surface area contributed by atoms with E-state index in [0.29, 0.717) is 5.69 Å². The zero-order chi connectivity index (χ0) is 24.1. The van der Waals surface area contributed by atoms with E-state index in [-0.39, 0.29) is 46.2 Å². The van der Waals surface area contributed by atoms with Crippen LogP contribution < -0.4 is 14.8 Å². The topological polar surface area (TPSA) is 84.5 Å². The fourth-order valence-electron chi connectivity index (χ4n) is 2.94. The Bertz CT molecular complexity index is 1060. The summed E-state index contributed by atoms with van der Waals surface area (Å²) < 4.78 is 60.8. The van der Waals surface area contributed by atoms with E-state index in [1.807, 2.05) is 20.8 Å². The molecular formula is C22H29F2N2O4PS. The number of carbonyl (C=O) groups excluding carboxylic acids is 1. The monoisotopic (exact) mass is 486 g/mol. The molecule has 0 fully saturated rings. The summed E-state index contributed by atoms with van der Waals surface area (Å²) in [6.45, 7) is 7.72. The molecule has 0 radical (unpaired) electrons. The lowest BCUT2D eigenvalue weighted by Crippen LogP contribution is -2.25. The van der Waals surface area contributed by atoms with Crippen molar-refractivity contribution in [3.05, 3.63) is 48.0 Å². The number of rotatable bonds is 10. The number of anilines is 2. The van der Waals surface area contributed by atoms with Gasteiger partial charge in [0.2, 0.25) is 5.91 Å². The van der Waals surface area contributed by atoms with Crippen molar-refractivity contribution in [3.63, 3.8) is 0 Å². The van der Waals surface area contributed by atoms with Gasteiger partial charge in [0.05, 0.1) is 6.61 Å². The maximum absolute atomic E-state index is 13.6. The first-order chi connectivity index (χ1) is 14.9. The second kappa shape index (κ2) is 10.6. The summed E-state index contributed by atoms with van der Waals surface area (Å²) in [5.41, 5.74) is -3.14. The van der Waals surface area contributed by atoms with Crippen LogP contribution in [0.2, 0.25) is 0 Å². The number of benzene rings is 2. The van der Waals surface area contributed by atoms with E-state index in [9.17, 15) is 22.0 Å². The summed E-state index contributed by atoms with van der Waals surface area (Å²) >= 11 is 0. The normalized spacial score (nSPS) is 13.8. The lowest BCUT2D eigenvalue weighted by atomic mass is 9.93. The third-order valence-electron chi connectivity index (χ3n) is 5.21. The number of halogens is 2. The molecule has 2 N–H and O–H groups in total. The highest BCUT2D eigenvalue weighted by Gasteiger charge is 2.26. The van der Waals surface area contributed by atoms with Crippen LogP contribution in [-0.2, 0) is 20.5 Å². The van der Waals surface area contributed by atoms with E-state index in [0.717, 1.165) is 12.5 Å². The smallest absolute Gasteiger partial charge is 0.283 e. The van der Waals surface area contributed by atoms with Gasteiger partial charge in [-0.1, -0.05) is 48.6 Å². The average molecular weight is 487 g/mol. The number of hydrogen-bond acceptors (Lipinski definition) is 4. The second-order valence-electron chi connectivity index (χ2n) is 7.57. The highest BCUT2D eigenvalue weighted by atomic mass is 32.2. The van der Waals surface area contributed by atoms with Gasteiger partial charge >= 0.3 is 0 Å². The Morgan fingerprint density at radius 2 is 1.81 bits per heavy atom. The van der Waals surface area contributed by atoms with Crippen LogP contribution in [0.25, 0.3) is 0 Å². The highest BCUT2D eigenvalue weighted by molar-refractivity contribution is 7.92. The number of alkyl halides is 2. The lowest BCUT2D eigenvalue weighted by molar-refractivity contribution is -0.120. The van der Waals surface area contributed by atoms with Crippen molar-refractivity contribution in [2.75, 3.05) is 16.6 Å². The van der Waals surface area contributed by atoms with Crippen LogP contribution in [-0.4, -0.2) is 20.9 Å². The molecule has 2 rings (SSSR count). The van der Waals surface area contributed by atoms with Crippen LogP contribution in [0, 0.1) is 11.8 Å². The first kappa shape index (κ1) is 26.0. The van der Waals surface area contributed by atoms with Crippen LogP contribution in [0.1, 0.15) is 39.7 Å². The van der Waals surface area contributed by atoms with Crippen molar-refractivity contribution in [1.82, 2.24) is 0 Å². The highest BCUT2D eigenvalue weighted by Crippen LogP contribution is 2.36. The molecular weight excluding hydrogens is 457 g/mol. The molecule has 176 valence electrons. The van der Waals surface area contributed by atoms with Crippen molar-refractivity contribution >= 4 is 36.5 Å². The quantitative estimate of drug-likeness (QED) is 0.439. The van der Waals surface area contributed by atoms with E-state index in [2.05, 4.69) is 10.0 Å². The molecule has 1 amide bonds. The van der Waals surface area contributed by atoms with Gasteiger partial charge in [-0.2, -0.15) is 8.78 Å². The SMILES string of the molecule is CCOc1cc(NC(=O)[C@@H](C)C(C)CC)ccc1S(=O)(=O)Nc1cccc(C(F)(F)P)c1. The molecule has 6 nitrogen and oxygen atoms in total. The van der Waals surface area contributed by atoms with Crippen LogP contribution in [0.5, 0.6) is 5.75 Å². The van der Waals surface area contributed by atoms with E-state index in [1.165, 1.54) is 45.6 Å². The Kier molecular flexibility index (Phi) is 8.60. The summed E-state index contributed by atoms with van der Waals surface area (Å²) in [5.74, 6) is -0.162. The third-order valence-corrected chi connectivity index (χ3v) is 6.97. The lowest BCUT2D eigenvalue weighted by Gasteiger charge is -2.19. The summed E-state index contributed by atoms with van der Waals surface area (Å²) in [6.07, 6.45) is 0.853. The minimum absolute atomic E-state index is 0.00756. The van der Waals surface area contributed by atoms with Gasteiger partial charge in [-0.3, -0.25) is 9.52 Å². The molecule has 0 aromatic heterocycles. The van der Waals surface area contributed by atoms with Gasteiger partial charge in [0.1, 0.15) is 10.6 Å². The first-order valence-electron chi connectivity index (χ1n) is 10.3. The van der Waals surface area contributed by atoms with Gasteiger partial charge in [0.15, 0.2) is 0 Å². The molecule has 0 saturated carbocycles. The summed E-state index contributed by atoms with van der Waals surface area (Å²) in [7, 11) is -2.73. The maximum Gasteiger partial charge on any atom is 0.283 e. The molecule has 0 aliphatic rings. The van der Waals surface area contributed by atoms with Gasteiger partial charge in [-0.15, -0.1) is 0 Å². The molecule has 0 aliphatic heterocycles. The number of amides is 1. The van der Waals surface area contributed by atoms with Gasteiger partial charge in [0, 0.05) is 28.9 Å². The standard InChI is InChI=1S/C22H29F2N2O4PS/c1-5-14(3)15(4)21(27)25-17-10-11-20(19(13-17)30-6-2)32(28,29)26-18-9-7-8-16(12-18)22(23,24)31/h7-15,26H,5-6,31H2,1-4H3,(H,25,27)/t14?,15-/m0/s1. The van der Waals surface area contributed by atoms with Crippen molar-refractivity contribution < 1.29 is 26.7 Å². The predicted octanol–water partition coefficient (Wildman–Crippen LogP) is 5.43. The van der Waals surface area contributed by atoms with Gasteiger partial charge < -0.3 is 10.1 Å². The number of nitrogens with one attached hydrogen (secondary N) is 2. The van der Waals surface area contributed by atoms with Crippen molar-refractivity contribution in [2.45, 2.75) is 44.7 Å². The van der Waals surface area contributed by atoms with Crippen molar-refractivity contribution in [3.8, 4) is 5.75 Å². The van der Waals surface area contributed by atoms with Crippen LogP contribution in [0.3, 0.4) is 0 Å². The Morgan fingerprint density at radius 3 is 2.41 bits per heavy atom.